The number of fused-ring (bicyclic) bond motifs is 4. The third kappa shape index (κ3) is 10.0. The Balaban J connectivity index is 0.00000159. The predicted molar refractivity (Wildman–Crippen MR) is 263 cm³/mol. The van der Waals surface area contributed by atoms with E-state index in [0.717, 1.165) is 94.7 Å². The van der Waals surface area contributed by atoms with Gasteiger partial charge in [-0.3, -0.25) is 0 Å². The van der Waals surface area contributed by atoms with E-state index in [4.69, 9.17) is 17.0 Å². The van der Waals surface area contributed by atoms with Crippen LogP contribution in [0.2, 0.25) is 0 Å². The fraction of sp³-hybridized carbons (Fsp3) is 0.797. The van der Waals surface area contributed by atoms with E-state index in [0.29, 0.717) is 0 Å². The van der Waals surface area contributed by atoms with Crippen LogP contribution in [0.25, 0.3) is 0 Å². The maximum atomic E-state index is 4.93. The Labute approximate surface area is 400 Å². The van der Waals surface area contributed by atoms with Crippen LogP contribution in [-0.4, -0.2) is 0 Å². The minimum atomic E-state index is -0.826. The molecule has 8 aliphatic carbocycles. The van der Waals surface area contributed by atoms with Crippen LogP contribution in [0.15, 0.2) is 48.5 Å². The molecule has 0 bridgehead atoms. The first-order valence-electron chi connectivity index (χ1n) is 27.1. The molecule has 0 spiro atoms. The quantitative estimate of drug-likeness (QED) is 0.247. The fourth-order valence-corrected chi connectivity index (χ4v) is 17.9. The molecule has 0 nitrogen and oxygen atoms in total. The molecule has 0 N–H and O–H groups in total. The number of hydrogen-bond acceptors (Lipinski definition) is 0. The standard InChI is InChI=1S/C59H88.2ClH.Zr/c1-58(2,3)46-27-23-40(24-28-46)56-48-21-13-19-42(48)33-52-50(44(35-54(52)56)31-38-15-9-7-10-16-38)37-51-45(32-39-17-11-8-12-18-39)36-55-53(51)34-43-20-14-22-49(43)57(55)41-25-29-47(30-26-41)59(4,5)6;;;/h23-30,38-39,42-45,48-57H,7-22,31-37H2,1-6H3;2*1H;/q;;;+2/p-2. The van der Waals surface area contributed by atoms with Gasteiger partial charge in [0.15, 0.2) is 0 Å². The summed E-state index contributed by atoms with van der Waals surface area (Å²) in [5.41, 5.74) is 7.00. The first-order chi connectivity index (χ1) is 29.9. The number of hydrogen-bond donors (Lipinski definition) is 0. The third-order valence-electron chi connectivity index (χ3n) is 20.6. The van der Waals surface area contributed by atoms with E-state index in [1.807, 2.05) is 0 Å². The van der Waals surface area contributed by atoms with E-state index in [1.54, 1.807) is 81.8 Å². The second-order valence-electron chi connectivity index (χ2n) is 25.7. The van der Waals surface area contributed by atoms with Gasteiger partial charge in [-0.1, -0.05) is 180 Å². The number of rotatable bonds is 8. The van der Waals surface area contributed by atoms with Gasteiger partial charge in [-0.15, -0.1) is 0 Å². The van der Waals surface area contributed by atoms with E-state index in [-0.39, 0.29) is 10.8 Å². The molecule has 62 heavy (non-hydrogen) atoms. The molecule has 0 aromatic heterocycles. The van der Waals surface area contributed by atoms with Crippen molar-refractivity contribution in [3.63, 3.8) is 0 Å². The van der Waals surface area contributed by atoms with Gasteiger partial charge in [0.05, 0.1) is 0 Å². The zero-order chi connectivity index (χ0) is 43.2. The number of benzene rings is 2. The van der Waals surface area contributed by atoms with Crippen LogP contribution in [0.3, 0.4) is 0 Å². The van der Waals surface area contributed by atoms with Crippen LogP contribution in [0.5, 0.6) is 0 Å². The molecule has 0 radical (unpaired) electrons. The van der Waals surface area contributed by atoms with Crippen LogP contribution in [0, 0.1) is 82.9 Å². The summed E-state index contributed by atoms with van der Waals surface area (Å²) in [6.45, 7) is 14.4. The van der Waals surface area contributed by atoms with Gasteiger partial charge in [-0.25, -0.2) is 0 Å². The summed E-state index contributed by atoms with van der Waals surface area (Å²) in [4.78, 5) is 0. The molecule has 14 atom stereocenters. The van der Waals surface area contributed by atoms with Crippen LogP contribution >= 0.6 is 17.0 Å². The predicted octanol–water partition coefficient (Wildman–Crippen LogP) is 18.2. The van der Waals surface area contributed by atoms with Crippen LogP contribution in [-0.2, 0) is 31.7 Å². The fourth-order valence-electron chi connectivity index (χ4n) is 17.9. The van der Waals surface area contributed by atoms with Gasteiger partial charge < -0.3 is 0 Å². The van der Waals surface area contributed by atoms with E-state index in [2.05, 4.69) is 90.1 Å². The monoisotopic (exact) mass is 957 g/mol. The molecule has 0 saturated heterocycles. The molecular formula is C59H88Cl2Zr. The molecule has 14 unspecified atom stereocenters. The van der Waals surface area contributed by atoms with Crippen molar-refractivity contribution in [2.75, 3.05) is 0 Å². The Kier molecular flexibility index (Phi) is 15.3. The van der Waals surface area contributed by atoms with E-state index >= 15 is 0 Å². The van der Waals surface area contributed by atoms with Crippen molar-refractivity contribution in [2.45, 2.75) is 212 Å². The second kappa shape index (κ2) is 20.2. The van der Waals surface area contributed by atoms with Gasteiger partial charge in [0.2, 0.25) is 0 Å². The normalized spacial score (nSPS) is 38.7. The van der Waals surface area contributed by atoms with Gasteiger partial charge in [0.25, 0.3) is 0 Å². The summed E-state index contributed by atoms with van der Waals surface area (Å²) in [7, 11) is 9.87. The average Bonchev–Trinajstić information content (AvgIpc) is 4.06. The Morgan fingerprint density at radius 2 is 0.790 bits per heavy atom. The molecular weight excluding hydrogens is 871 g/mol. The van der Waals surface area contributed by atoms with Gasteiger partial charge in [0, 0.05) is 0 Å². The molecule has 2 aromatic rings. The van der Waals surface area contributed by atoms with Crippen molar-refractivity contribution in [1.82, 2.24) is 0 Å². The molecule has 342 valence electrons. The topological polar surface area (TPSA) is 0 Å². The van der Waals surface area contributed by atoms with E-state index in [9.17, 15) is 0 Å². The maximum absolute atomic E-state index is 4.93. The second-order valence-corrected chi connectivity index (χ2v) is 29.5. The molecule has 8 saturated carbocycles. The summed E-state index contributed by atoms with van der Waals surface area (Å²) >= 11 is -0.826. The van der Waals surface area contributed by atoms with Gasteiger partial charge in [0.1, 0.15) is 0 Å². The molecule has 0 aliphatic heterocycles. The molecule has 0 heterocycles. The van der Waals surface area contributed by atoms with Gasteiger partial charge in [-0.05, 0) is 186 Å². The zero-order valence-corrected chi connectivity index (χ0v) is 44.3. The van der Waals surface area contributed by atoms with Crippen molar-refractivity contribution in [2.24, 2.45) is 82.9 Å². The first-order valence-corrected chi connectivity index (χ1v) is 33.4. The van der Waals surface area contributed by atoms with Crippen molar-refractivity contribution in [3.05, 3.63) is 70.8 Å². The number of halogens is 2. The van der Waals surface area contributed by atoms with Gasteiger partial charge >= 0.3 is 37.9 Å². The average molecular weight is 959 g/mol. The summed E-state index contributed by atoms with van der Waals surface area (Å²) in [5, 5.41) is 0. The van der Waals surface area contributed by atoms with Crippen molar-refractivity contribution in [3.8, 4) is 0 Å². The summed E-state index contributed by atoms with van der Waals surface area (Å²) in [5.74, 6) is 15.3. The molecule has 10 rings (SSSR count). The Morgan fingerprint density at radius 3 is 1.15 bits per heavy atom. The Morgan fingerprint density at radius 1 is 0.419 bits per heavy atom. The zero-order valence-electron chi connectivity index (χ0n) is 40.4. The first kappa shape index (κ1) is 47.0. The molecule has 0 amide bonds. The van der Waals surface area contributed by atoms with Crippen molar-refractivity contribution >= 4 is 17.0 Å². The Hall–Kier alpha value is -0.0969. The van der Waals surface area contributed by atoms with Crippen molar-refractivity contribution < 1.29 is 20.8 Å². The van der Waals surface area contributed by atoms with E-state index in [1.165, 1.54) is 88.2 Å². The molecule has 8 aliphatic rings. The molecule has 2 aromatic carbocycles. The minimum absolute atomic E-state index is 0.229. The molecule has 8 fully saturated rings. The van der Waals surface area contributed by atoms with Crippen LogP contribution < -0.4 is 0 Å². The third-order valence-corrected chi connectivity index (χ3v) is 20.6. The van der Waals surface area contributed by atoms with Crippen molar-refractivity contribution in [1.29, 1.82) is 0 Å². The summed E-state index contributed by atoms with van der Waals surface area (Å²) < 4.78 is 0. The summed E-state index contributed by atoms with van der Waals surface area (Å²) in [6.07, 6.45) is 35.4. The van der Waals surface area contributed by atoms with Crippen LogP contribution in [0.4, 0.5) is 0 Å². The van der Waals surface area contributed by atoms with Crippen LogP contribution in [0.1, 0.15) is 223 Å². The Bertz CT molecular complexity index is 1580. The van der Waals surface area contributed by atoms with E-state index < -0.39 is 20.8 Å². The summed E-state index contributed by atoms with van der Waals surface area (Å²) in [6, 6.07) is 20.8. The molecule has 3 heteroatoms. The SMILES string of the molecule is CC(C)(C)c1ccc(C2C3CCCC3CC3C(CC4C(CC5CCCCC5)CC5C4CC4CCCC4C5c4ccc(C(C)(C)C)cc4)C(CC4CCCCC4)CC32)cc1.[Cl][Zr][Cl]. The van der Waals surface area contributed by atoms with Gasteiger partial charge in [-0.2, -0.15) is 0 Å².